The van der Waals surface area contributed by atoms with Gasteiger partial charge in [0.25, 0.3) is 0 Å². The van der Waals surface area contributed by atoms with Gasteiger partial charge in [-0.2, -0.15) is 18.2 Å². The van der Waals surface area contributed by atoms with Gasteiger partial charge in [0.2, 0.25) is 5.89 Å². The van der Waals surface area contributed by atoms with Gasteiger partial charge in [0.15, 0.2) is 5.82 Å². The predicted molar refractivity (Wildman–Crippen MR) is 84.6 cm³/mol. The number of hydrogen-bond acceptors (Lipinski definition) is 6. The van der Waals surface area contributed by atoms with Crippen LogP contribution in [0.5, 0.6) is 0 Å². The van der Waals surface area contributed by atoms with E-state index < -0.39 is 12.1 Å². The second kappa shape index (κ2) is 10.7. The molecule has 1 aliphatic rings. The fraction of sp³-hybridized carbons (Fsp3) is 0.733. The van der Waals surface area contributed by atoms with Crippen LogP contribution < -0.4 is 5.32 Å². The van der Waals surface area contributed by atoms with E-state index in [9.17, 15) is 13.2 Å². The molecule has 0 aromatic carbocycles. The Balaban J connectivity index is 0.000000381. The first kappa shape index (κ1) is 20.9. The molecule has 10 heteroatoms. The zero-order valence-electron chi connectivity index (χ0n) is 14.1. The van der Waals surface area contributed by atoms with E-state index >= 15 is 0 Å². The van der Waals surface area contributed by atoms with E-state index in [1.807, 2.05) is 0 Å². The Kier molecular flexibility index (Phi) is 8.93. The molecule has 0 amide bonds. The average molecular weight is 364 g/mol. The largest absolute Gasteiger partial charge is 0.490 e. The number of aromatic nitrogens is 2. The van der Waals surface area contributed by atoms with Gasteiger partial charge in [0.05, 0.1) is 18.8 Å². The van der Waals surface area contributed by atoms with Gasteiger partial charge in [-0.1, -0.05) is 37.8 Å². The Labute approximate surface area is 143 Å². The van der Waals surface area contributed by atoms with E-state index in [0.29, 0.717) is 0 Å². The summed E-state index contributed by atoms with van der Waals surface area (Å²) < 4.78 is 37.0. The molecule has 0 saturated heterocycles. The lowest BCUT2D eigenvalue weighted by molar-refractivity contribution is -0.192. The van der Waals surface area contributed by atoms with Crippen molar-refractivity contribution >= 4 is 12.3 Å². The van der Waals surface area contributed by atoms with Crippen LogP contribution in [-0.2, 0) is 11.2 Å². The van der Waals surface area contributed by atoms with E-state index in [1.165, 1.54) is 25.7 Å². The van der Waals surface area contributed by atoms with Crippen molar-refractivity contribution in [1.82, 2.24) is 15.5 Å². The molecule has 0 radical (unpaired) electrons. The van der Waals surface area contributed by atoms with Crippen LogP contribution >= 0.6 is 0 Å². The lowest BCUT2D eigenvalue weighted by Crippen LogP contribution is -2.27. The molecule has 0 spiro atoms. The maximum absolute atomic E-state index is 10.6. The van der Waals surface area contributed by atoms with Crippen molar-refractivity contribution in [3.05, 3.63) is 11.7 Å². The summed E-state index contributed by atoms with van der Waals surface area (Å²) in [5, 5.41) is 14.3. The number of nitrogens with zero attached hydrogens (tertiary/aromatic N) is 3. The highest BCUT2D eigenvalue weighted by Crippen LogP contribution is 2.16. The molecule has 25 heavy (non-hydrogen) atoms. The monoisotopic (exact) mass is 364 g/mol. The summed E-state index contributed by atoms with van der Waals surface area (Å²) >= 11 is 0. The summed E-state index contributed by atoms with van der Waals surface area (Å²) in [6.07, 6.45) is 3.90. The zero-order valence-corrected chi connectivity index (χ0v) is 14.1. The van der Waals surface area contributed by atoms with Crippen LogP contribution in [0.25, 0.3) is 0 Å². The topological polar surface area (TPSA) is 101 Å². The number of alkyl halides is 3. The summed E-state index contributed by atoms with van der Waals surface area (Å²) in [6.45, 7) is 3.80. The normalized spacial score (nSPS) is 16.7. The minimum Gasteiger partial charge on any atom is -0.475 e. The fourth-order valence-corrected chi connectivity index (χ4v) is 2.09. The lowest BCUT2D eigenvalue weighted by Gasteiger charge is -2.13. The van der Waals surface area contributed by atoms with Crippen LogP contribution in [-0.4, -0.2) is 46.8 Å². The molecule has 1 unspecified atom stereocenters. The molecular weight excluding hydrogens is 341 g/mol. The summed E-state index contributed by atoms with van der Waals surface area (Å²) in [7, 11) is 0. The van der Waals surface area contributed by atoms with Gasteiger partial charge in [-0.3, -0.25) is 4.99 Å². The first-order chi connectivity index (χ1) is 11.8. The van der Waals surface area contributed by atoms with Crippen LogP contribution in [0.4, 0.5) is 13.2 Å². The highest BCUT2D eigenvalue weighted by Gasteiger charge is 2.38. The zero-order chi connectivity index (χ0) is 18.7. The Hall–Kier alpha value is -2.13. The molecule has 0 saturated carbocycles. The Bertz CT molecular complexity index is 546. The van der Waals surface area contributed by atoms with E-state index in [1.54, 1.807) is 6.34 Å². The van der Waals surface area contributed by atoms with E-state index in [0.717, 1.165) is 37.6 Å². The molecule has 2 heterocycles. The molecular formula is C15H23F3N4O3. The third kappa shape index (κ3) is 8.50. The van der Waals surface area contributed by atoms with Gasteiger partial charge in [0.1, 0.15) is 0 Å². The number of carboxylic acids is 1. The fourth-order valence-electron chi connectivity index (χ4n) is 2.09. The Morgan fingerprint density at radius 3 is 2.60 bits per heavy atom. The number of aryl methyl sites for hydroxylation is 1. The minimum absolute atomic E-state index is 0.233. The van der Waals surface area contributed by atoms with Crippen LogP contribution in [0, 0.1) is 0 Å². The Morgan fingerprint density at radius 1 is 1.36 bits per heavy atom. The lowest BCUT2D eigenvalue weighted by atomic mass is 10.1. The van der Waals surface area contributed by atoms with E-state index in [4.69, 9.17) is 14.4 Å². The number of halogens is 3. The first-order valence-corrected chi connectivity index (χ1v) is 8.18. The molecule has 2 rings (SSSR count). The molecule has 1 aromatic heterocycles. The van der Waals surface area contributed by atoms with Crippen molar-refractivity contribution in [2.45, 2.75) is 57.5 Å². The molecule has 0 bridgehead atoms. The number of nitrogens with one attached hydrogen (secondary N) is 1. The number of rotatable bonds is 7. The van der Waals surface area contributed by atoms with Crippen molar-refractivity contribution in [3.63, 3.8) is 0 Å². The number of carbonyl (C=O) groups is 1. The highest BCUT2D eigenvalue weighted by molar-refractivity contribution is 5.73. The van der Waals surface area contributed by atoms with Gasteiger partial charge in [-0.15, -0.1) is 0 Å². The molecule has 1 atom stereocenters. The first-order valence-electron chi connectivity index (χ1n) is 8.18. The number of hydrogen-bond donors (Lipinski definition) is 2. The van der Waals surface area contributed by atoms with Crippen LogP contribution in [0.2, 0.25) is 0 Å². The van der Waals surface area contributed by atoms with Gasteiger partial charge in [0, 0.05) is 13.0 Å². The van der Waals surface area contributed by atoms with Crippen molar-refractivity contribution in [1.29, 1.82) is 0 Å². The van der Waals surface area contributed by atoms with Crippen molar-refractivity contribution < 1.29 is 27.6 Å². The minimum atomic E-state index is -5.08. The van der Waals surface area contributed by atoms with Gasteiger partial charge in [-0.25, -0.2) is 4.79 Å². The molecule has 1 aliphatic heterocycles. The number of unbranched alkanes of at least 4 members (excludes halogenated alkanes) is 4. The van der Waals surface area contributed by atoms with Gasteiger partial charge >= 0.3 is 12.1 Å². The molecule has 7 nitrogen and oxygen atoms in total. The molecule has 0 fully saturated rings. The third-order valence-electron chi connectivity index (χ3n) is 3.45. The van der Waals surface area contributed by atoms with Crippen LogP contribution in [0.1, 0.15) is 56.7 Å². The molecule has 2 N–H and O–H groups in total. The second-order valence-electron chi connectivity index (χ2n) is 5.62. The summed E-state index contributed by atoms with van der Waals surface area (Å²) in [5.41, 5.74) is 0. The van der Waals surface area contributed by atoms with Crippen LogP contribution in [0.3, 0.4) is 0 Å². The Morgan fingerprint density at radius 2 is 2.04 bits per heavy atom. The third-order valence-corrected chi connectivity index (χ3v) is 3.45. The van der Waals surface area contributed by atoms with E-state index in [-0.39, 0.29) is 5.92 Å². The number of aliphatic carboxylic acids is 1. The maximum Gasteiger partial charge on any atom is 0.490 e. The van der Waals surface area contributed by atoms with Crippen molar-refractivity contribution in [3.8, 4) is 0 Å². The molecule has 1 aromatic rings. The van der Waals surface area contributed by atoms with E-state index in [2.05, 4.69) is 27.4 Å². The average Bonchev–Trinajstić information content (AvgIpc) is 3.04. The second-order valence-corrected chi connectivity index (χ2v) is 5.62. The SMILES string of the molecule is CCCCCCCc1noc(C2CN=CNC2)n1.O=C(O)C(F)(F)F. The summed E-state index contributed by atoms with van der Waals surface area (Å²) in [6, 6.07) is 0. The predicted octanol–water partition coefficient (Wildman–Crippen LogP) is 2.93. The van der Waals surface area contributed by atoms with Gasteiger partial charge in [-0.05, 0) is 6.42 Å². The summed E-state index contributed by atoms with van der Waals surface area (Å²) in [5.74, 6) is -0.956. The smallest absolute Gasteiger partial charge is 0.475 e. The maximum atomic E-state index is 10.6. The highest BCUT2D eigenvalue weighted by atomic mass is 19.4. The number of carboxylic acid groups (broad SMARTS) is 1. The van der Waals surface area contributed by atoms with Crippen LogP contribution in [0.15, 0.2) is 9.52 Å². The van der Waals surface area contributed by atoms with Gasteiger partial charge < -0.3 is 14.9 Å². The number of aliphatic imine (C=N–C) groups is 1. The molecule has 0 aliphatic carbocycles. The van der Waals surface area contributed by atoms with Crippen molar-refractivity contribution in [2.24, 2.45) is 4.99 Å². The summed E-state index contributed by atoms with van der Waals surface area (Å²) in [4.78, 5) is 17.5. The molecule has 142 valence electrons. The van der Waals surface area contributed by atoms with Crippen molar-refractivity contribution in [2.75, 3.05) is 13.1 Å². The standard InChI is InChI=1S/C13H22N4O.C2HF3O2/c1-2-3-4-5-6-7-12-16-13(18-17-12)11-8-14-10-15-9-11;3-2(4,5)1(6)7/h10-11H,2-9H2,1H3,(H,14,15);(H,6,7). The quantitative estimate of drug-likeness (QED) is 0.722.